The number of hydrogen-bond acceptors (Lipinski definition) is 3. The average molecular weight is 243 g/mol. The summed E-state index contributed by atoms with van der Waals surface area (Å²) in [6.07, 6.45) is 0. The predicted octanol–water partition coefficient (Wildman–Crippen LogP) is 3.11. The molecule has 0 radical (unpaired) electrons. The van der Waals surface area contributed by atoms with Gasteiger partial charge in [-0.25, -0.2) is 4.79 Å². The first-order chi connectivity index (χ1) is 7.88. The van der Waals surface area contributed by atoms with Crippen molar-refractivity contribution in [3.63, 3.8) is 0 Å². The van der Waals surface area contributed by atoms with Crippen LogP contribution in [-0.4, -0.2) is 37.1 Å². The van der Waals surface area contributed by atoms with Gasteiger partial charge in [0, 0.05) is 5.57 Å². The van der Waals surface area contributed by atoms with E-state index < -0.39 is 0 Å². The highest BCUT2D eigenvalue weighted by Crippen LogP contribution is 1.97. The maximum Gasteiger partial charge on any atom is 0.333 e. The zero-order valence-electron chi connectivity index (χ0n) is 12.4. The third-order valence-electron chi connectivity index (χ3n) is 2.24. The van der Waals surface area contributed by atoms with Gasteiger partial charge in [-0.3, -0.25) is 0 Å². The second-order valence-corrected chi connectivity index (χ2v) is 4.39. The van der Waals surface area contributed by atoms with Gasteiger partial charge >= 0.3 is 5.97 Å². The fraction of sp³-hybridized carbons (Fsp3) is 0.786. The molecule has 0 heterocycles. The summed E-state index contributed by atoms with van der Waals surface area (Å²) in [5, 5.41) is 0. The van der Waals surface area contributed by atoms with Gasteiger partial charge in [0.05, 0.1) is 6.61 Å². The maximum absolute atomic E-state index is 10.7. The van der Waals surface area contributed by atoms with Crippen LogP contribution in [0.25, 0.3) is 0 Å². The molecule has 3 heteroatoms. The van der Waals surface area contributed by atoms with E-state index in [0.29, 0.717) is 18.1 Å². The molecule has 0 aromatic heterocycles. The number of carbonyl (C=O) groups is 1. The molecule has 0 saturated heterocycles. The van der Waals surface area contributed by atoms with Gasteiger partial charge in [-0.15, -0.1) is 0 Å². The van der Waals surface area contributed by atoms with Crippen molar-refractivity contribution in [3.05, 3.63) is 12.2 Å². The van der Waals surface area contributed by atoms with Crippen LogP contribution in [-0.2, 0) is 9.53 Å². The van der Waals surface area contributed by atoms with Crippen molar-refractivity contribution in [1.82, 2.24) is 4.90 Å². The highest BCUT2D eigenvalue weighted by Gasteiger charge is 2.03. The third kappa shape index (κ3) is 13.1. The van der Waals surface area contributed by atoms with Gasteiger partial charge in [0.2, 0.25) is 0 Å². The quantitative estimate of drug-likeness (QED) is 0.530. The van der Waals surface area contributed by atoms with E-state index in [1.807, 2.05) is 13.8 Å². The summed E-state index contributed by atoms with van der Waals surface area (Å²) in [5.41, 5.74) is 0.459. The molecule has 0 fully saturated rings. The summed E-state index contributed by atoms with van der Waals surface area (Å²) in [5.74, 6) is 0.0944. The van der Waals surface area contributed by atoms with Crippen LogP contribution in [0.2, 0.25) is 0 Å². The Balaban J connectivity index is 0. The molecule has 0 aromatic carbocycles. The first-order valence-electron chi connectivity index (χ1n) is 6.43. The van der Waals surface area contributed by atoms with Gasteiger partial charge in [-0.2, -0.15) is 0 Å². The molecule has 0 amide bonds. The van der Waals surface area contributed by atoms with Gasteiger partial charge in [0.15, 0.2) is 0 Å². The minimum atomic E-state index is -0.297. The molecule has 0 atom stereocenters. The van der Waals surface area contributed by atoms with Crippen LogP contribution in [0.15, 0.2) is 12.2 Å². The van der Waals surface area contributed by atoms with Crippen molar-refractivity contribution >= 4 is 5.97 Å². The molecule has 0 aliphatic heterocycles. The second-order valence-electron chi connectivity index (χ2n) is 4.39. The zero-order valence-corrected chi connectivity index (χ0v) is 12.4. The molecular weight excluding hydrogens is 214 g/mol. The first-order valence-corrected chi connectivity index (χ1v) is 6.43. The number of rotatable bonds is 6. The Bertz CT molecular complexity index is 203. The highest BCUT2D eigenvalue weighted by atomic mass is 16.5. The Morgan fingerprint density at radius 2 is 1.59 bits per heavy atom. The number of ether oxygens (including phenoxy) is 1. The van der Waals surface area contributed by atoms with Gasteiger partial charge in [-0.05, 0) is 32.5 Å². The molecule has 17 heavy (non-hydrogen) atoms. The van der Waals surface area contributed by atoms with Crippen molar-refractivity contribution < 1.29 is 9.53 Å². The molecule has 0 spiro atoms. The average Bonchev–Trinajstić information content (AvgIpc) is 2.28. The van der Waals surface area contributed by atoms with Crippen molar-refractivity contribution in [1.29, 1.82) is 0 Å². The van der Waals surface area contributed by atoms with E-state index in [1.165, 1.54) is 19.6 Å². The van der Waals surface area contributed by atoms with E-state index in [4.69, 9.17) is 4.74 Å². The molecule has 0 aliphatic rings. The molecule has 0 saturated carbocycles. The molecule has 0 bridgehead atoms. The second kappa shape index (κ2) is 11.6. The van der Waals surface area contributed by atoms with Crippen LogP contribution < -0.4 is 0 Å². The van der Waals surface area contributed by atoms with Crippen LogP contribution in [0.1, 0.15) is 41.5 Å². The molecule has 0 N–H and O–H groups in total. The molecular formula is C14H29NO2. The van der Waals surface area contributed by atoms with Crippen molar-refractivity contribution in [2.75, 3.05) is 26.2 Å². The van der Waals surface area contributed by atoms with Gasteiger partial charge in [-0.1, -0.05) is 41.2 Å². The lowest BCUT2D eigenvalue weighted by molar-refractivity contribution is -0.139. The van der Waals surface area contributed by atoms with Crippen molar-refractivity contribution in [3.8, 4) is 0 Å². The van der Waals surface area contributed by atoms with E-state index in [9.17, 15) is 4.79 Å². The van der Waals surface area contributed by atoms with E-state index in [-0.39, 0.29) is 5.97 Å². The molecule has 3 nitrogen and oxygen atoms in total. The van der Waals surface area contributed by atoms with Gasteiger partial charge in [0.25, 0.3) is 0 Å². The molecule has 0 unspecified atom stereocenters. The number of hydrogen-bond donors (Lipinski definition) is 0. The molecule has 0 aromatic rings. The fourth-order valence-electron chi connectivity index (χ4n) is 1.04. The van der Waals surface area contributed by atoms with Crippen LogP contribution in [0.5, 0.6) is 0 Å². The van der Waals surface area contributed by atoms with Crippen LogP contribution in [0, 0.1) is 5.92 Å². The Kier molecular flexibility index (Phi) is 12.7. The Morgan fingerprint density at radius 1 is 1.18 bits per heavy atom. The Hall–Kier alpha value is -0.830. The Morgan fingerprint density at radius 3 is 1.76 bits per heavy atom. The van der Waals surface area contributed by atoms with Crippen LogP contribution >= 0.6 is 0 Å². The minimum absolute atomic E-state index is 0.297. The van der Waals surface area contributed by atoms with Crippen LogP contribution in [0.4, 0.5) is 0 Å². The first kappa shape index (κ1) is 18.5. The monoisotopic (exact) mass is 243 g/mol. The van der Waals surface area contributed by atoms with E-state index in [0.717, 1.165) is 0 Å². The van der Waals surface area contributed by atoms with E-state index in [1.54, 1.807) is 6.92 Å². The summed E-state index contributed by atoms with van der Waals surface area (Å²) in [4.78, 5) is 13.1. The minimum Gasteiger partial charge on any atom is -0.462 e. The van der Waals surface area contributed by atoms with E-state index in [2.05, 4.69) is 32.3 Å². The van der Waals surface area contributed by atoms with Crippen LogP contribution in [0.3, 0.4) is 0 Å². The van der Waals surface area contributed by atoms with Crippen molar-refractivity contribution in [2.24, 2.45) is 5.92 Å². The van der Waals surface area contributed by atoms with Crippen molar-refractivity contribution in [2.45, 2.75) is 41.5 Å². The SMILES string of the molecule is C=C(C)C(=O)OCC(C)C.CCN(CC)CC. The Labute approximate surface area is 107 Å². The third-order valence-corrected chi connectivity index (χ3v) is 2.24. The lowest BCUT2D eigenvalue weighted by atomic mass is 10.2. The molecule has 0 aliphatic carbocycles. The molecule has 0 rings (SSSR count). The lowest BCUT2D eigenvalue weighted by Crippen LogP contribution is -2.21. The largest absolute Gasteiger partial charge is 0.462 e. The summed E-state index contributed by atoms with van der Waals surface area (Å²) in [6, 6.07) is 0. The number of esters is 1. The smallest absolute Gasteiger partial charge is 0.333 e. The summed E-state index contributed by atoms with van der Waals surface area (Å²) >= 11 is 0. The maximum atomic E-state index is 10.7. The lowest BCUT2D eigenvalue weighted by Gasteiger charge is -2.13. The van der Waals surface area contributed by atoms with Gasteiger partial charge in [0.1, 0.15) is 0 Å². The zero-order chi connectivity index (χ0) is 13.8. The summed E-state index contributed by atoms with van der Waals surface area (Å²) in [6.45, 7) is 19.7. The molecule has 102 valence electrons. The standard InChI is InChI=1S/C8H14O2.C6H15N/c1-6(2)5-10-8(9)7(3)4;1-4-7(5-2)6-3/h6H,3,5H2,1-2,4H3;4-6H2,1-3H3. The topological polar surface area (TPSA) is 29.5 Å². The fourth-order valence-corrected chi connectivity index (χ4v) is 1.04. The normalized spacial score (nSPS) is 9.88. The summed E-state index contributed by atoms with van der Waals surface area (Å²) < 4.78 is 4.83. The summed E-state index contributed by atoms with van der Waals surface area (Å²) in [7, 11) is 0. The number of carbonyl (C=O) groups excluding carboxylic acids is 1. The highest BCUT2D eigenvalue weighted by molar-refractivity contribution is 5.86. The predicted molar refractivity (Wildman–Crippen MR) is 74.1 cm³/mol. The van der Waals surface area contributed by atoms with Gasteiger partial charge < -0.3 is 9.64 Å². The number of nitrogens with zero attached hydrogens (tertiary/aromatic N) is 1. The van der Waals surface area contributed by atoms with E-state index >= 15 is 0 Å².